The predicted molar refractivity (Wildman–Crippen MR) is 51.1 cm³/mol. The van der Waals surface area contributed by atoms with Crippen LogP contribution in [0.1, 0.15) is 20.8 Å². The summed E-state index contributed by atoms with van der Waals surface area (Å²) in [5, 5.41) is 5.11. The molecule has 0 aliphatic heterocycles. The molecule has 0 fully saturated rings. The molecular formula is C9H16N2O2. The fourth-order valence-corrected chi connectivity index (χ4v) is 0.751. The first kappa shape index (κ1) is 11.7. The van der Waals surface area contributed by atoms with Crippen molar-refractivity contribution in [1.29, 1.82) is 0 Å². The SMILES string of the molecule is CC=CC(=O)NCC(=O)NC(C)C. The van der Waals surface area contributed by atoms with E-state index in [0.717, 1.165) is 0 Å². The van der Waals surface area contributed by atoms with E-state index in [1.807, 2.05) is 13.8 Å². The van der Waals surface area contributed by atoms with E-state index in [2.05, 4.69) is 10.6 Å². The molecule has 0 aliphatic rings. The second-order valence-electron chi connectivity index (χ2n) is 2.94. The van der Waals surface area contributed by atoms with Crippen molar-refractivity contribution in [3.8, 4) is 0 Å². The van der Waals surface area contributed by atoms with E-state index < -0.39 is 0 Å². The van der Waals surface area contributed by atoms with Crippen molar-refractivity contribution in [2.75, 3.05) is 6.54 Å². The highest BCUT2D eigenvalue weighted by atomic mass is 16.2. The number of amides is 2. The summed E-state index contributed by atoms with van der Waals surface area (Å²) in [5.74, 6) is -0.422. The van der Waals surface area contributed by atoms with Crippen molar-refractivity contribution in [3.05, 3.63) is 12.2 Å². The van der Waals surface area contributed by atoms with E-state index in [1.54, 1.807) is 13.0 Å². The topological polar surface area (TPSA) is 58.2 Å². The van der Waals surface area contributed by atoms with Crippen molar-refractivity contribution in [2.24, 2.45) is 0 Å². The zero-order chi connectivity index (χ0) is 10.3. The van der Waals surface area contributed by atoms with E-state index in [0.29, 0.717) is 0 Å². The Morgan fingerprint density at radius 1 is 1.38 bits per heavy atom. The van der Waals surface area contributed by atoms with E-state index in [9.17, 15) is 9.59 Å². The number of hydrogen-bond donors (Lipinski definition) is 2. The average molecular weight is 184 g/mol. The quantitative estimate of drug-likeness (QED) is 0.613. The summed E-state index contributed by atoms with van der Waals surface area (Å²) in [5.41, 5.74) is 0. The number of hydrogen-bond acceptors (Lipinski definition) is 2. The Morgan fingerprint density at radius 3 is 2.46 bits per heavy atom. The molecule has 2 N–H and O–H groups in total. The van der Waals surface area contributed by atoms with Crippen LogP contribution in [0.15, 0.2) is 12.2 Å². The Kier molecular flexibility index (Phi) is 5.59. The van der Waals surface area contributed by atoms with Gasteiger partial charge in [0.2, 0.25) is 11.8 Å². The lowest BCUT2D eigenvalue weighted by molar-refractivity contribution is -0.124. The molecule has 13 heavy (non-hydrogen) atoms. The minimum Gasteiger partial charge on any atom is -0.352 e. The third-order valence-electron chi connectivity index (χ3n) is 1.19. The molecule has 0 unspecified atom stereocenters. The first-order chi connectivity index (χ1) is 6.06. The molecule has 0 saturated heterocycles. The van der Waals surface area contributed by atoms with Gasteiger partial charge in [0, 0.05) is 6.04 Å². The van der Waals surface area contributed by atoms with Crippen molar-refractivity contribution < 1.29 is 9.59 Å². The zero-order valence-electron chi connectivity index (χ0n) is 8.26. The average Bonchev–Trinajstić information content (AvgIpc) is 2.00. The first-order valence-electron chi connectivity index (χ1n) is 4.26. The number of carbonyl (C=O) groups excluding carboxylic acids is 2. The minimum atomic E-state index is -0.249. The fraction of sp³-hybridized carbons (Fsp3) is 0.556. The van der Waals surface area contributed by atoms with Crippen LogP contribution in [0.4, 0.5) is 0 Å². The molecule has 4 heteroatoms. The number of rotatable bonds is 4. The summed E-state index contributed by atoms with van der Waals surface area (Å²) in [6.45, 7) is 5.51. The predicted octanol–water partition coefficient (Wildman–Crippen LogP) is 0.203. The fourth-order valence-electron chi connectivity index (χ4n) is 0.751. The first-order valence-corrected chi connectivity index (χ1v) is 4.26. The maximum atomic E-state index is 11.0. The van der Waals surface area contributed by atoms with Crippen LogP contribution in [0.3, 0.4) is 0 Å². The highest BCUT2D eigenvalue weighted by Gasteiger charge is 2.03. The molecule has 0 aromatic rings. The van der Waals surface area contributed by atoms with Crippen molar-refractivity contribution in [2.45, 2.75) is 26.8 Å². The van der Waals surface area contributed by atoms with Gasteiger partial charge < -0.3 is 10.6 Å². The lowest BCUT2D eigenvalue weighted by Gasteiger charge is -2.07. The Hall–Kier alpha value is -1.32. The molecule has 0 heterocycles. The molecule has 2 amide bonds. The molecule has 0 spiro atoms. The highest BCUT2D eigenvalue weighted by Crippen LogP contribution is 1.76. The van der Waals surface area contributed by atoms with Crippen LogP contribution in [0, 0.1) is 0 Å². The maximum absolute atomic E-state index is 11.0. The van der Waals surface area contributed by atoms with Crippen molar-refractivity contribution in [3.63, 3.8) is 0 Å². The van der Waals surface area contributed by atoms with Crippen LogP contribution in [0.2, 0.25) is 0 Å². The molecule has 0 radical (unpaired) electrons. The molecule has 0 saturated carbocycles. The summed E-state index contributed by atoms with van der Waals surface area (Å²) in [6, 6.07) is 0.103. The highest BCUT2D eigenvalue weighted by molar-refractivity contribution is 5.91. The molecule has 0 aliphatic carbocycles. The van der Waals surface area contributed by atoms with E-state index >= 15 is 0 Å². The second-order valence-corrected chi connectivity index (χ2v) is 2.94. The van der Waals surface area contributed by atoms with E-state index in [1.165, 1.54) is 6.08 Å². The Bertz CT molecular complexity index is 210. The van der Waals surface area contributed by atoms with Gasteiger partial charge in [-0.05, 0) is 26.8 Å². The Labute approximate surface area is 78.4 Å². The van der Waals surface area contributed by atoms with Gasteiger partial charge in [0.25, 0.3) is 0 Å². The van der Waals surface area contributed by atoms with Gasteiger partial charge in [0.1, 0.15) is 0 Å². The summed E-state index contributed by atoms with van der Waals surface area (Å²) in [4.78, 5) is 21.9. The molecule has 0 aromatic carbocycles. The van der Waals surface area contributed by atoms with Gasteiger partial charge in [-0.25, -0.2) is 0 Å². The van der Waals surface area contributed by atoms with Crippen LogP contribution >= 0.6 is 0 Å². The van der Waals surface area contributed by atoms with Gasteiger partial charge in [-0.3, -0.25) is 9.59 Å². The Balaban J connectivity index is 3.64. The standard InChI is InChI=1S/C9H16N2O2/c1-4-5-8(12)10-6-9(13)11-7(2)3/h4-5,7H,6H2,1-3H3,(H,10,12)(H,11,13). The summed E-state index contributed by atoms with van der Waals surface area (Å²) in [7, 11) is 0. The smallest absolute Gasteiger partial charge is 0.244 e. The molecule has 0 bridgehead atoms. The van der Waals surface area contributed by atoms with Crippen LogP contribution < -0.4 is 10.6 Å². The molecule has 0 rings (SSSR count). The van der Waals surface area contributed by atoms with Crippen LogP contribution in [-0.2, 0) is 9.59 Å². The number of allylic oxidation sites excluding steroid dienone is 1. The third-order valence-corrected chi connectivity index (χ3v) is 1.19. The molecular weight excluding hydrogens is 168 g/mol. The van der Waals surface area contributed by atoms with Crippen molar-refractivity contribution >= 4 is 11.8 Å². The van der Waals surface area contributed by atoms with Crippen LogP contribution in [0.5, 0.6) is 0 Å². The largest absolute Gasteiger partial charge is 0.352 e. The second kappa shape index (κ2) is 6.22. The van der Waals surface area contributed by atoms with E-state index in [4.69, 9.17) is 0 Å². The van der Waals surface area contributed by atoms with Gasteiger partial charge in [-0.15, -0.1) is 0 Å². The minimum absolute atomic E-state index is 0.0291. The lowest BCUT2D eigenvalue weighted by atomic mass is 10.4. The zero-order valence-corrected chi connectivity index (χ0v) is 8.26. The monoisotopic (exact) mass is 184 g/mol. The van der Waals surface area contributed by atoms with Gasteiger partial charge in [-0.1, -0.05) is 6.08 Å². The summed E-state index contributed by atoms with van der Waals surface area (Å²) in [6.07, 6.45) is 3.00. The lowest BCUT2D eigenvalue weighted by Crippen LogP contribution is -2.39. The normalized spacial score (nSPS) is 10.5. The number of carbonyl (C=O) groups is 2. The maximum Gasteiger partial charge on any atom is 0.244 e. The van der Waals surface area contributed by atoms with Gasteiger partial charge in [0.15, 0.2) is 0 Å². The summed E-state index contributed by atoms with van der Waals surface area (Å²) >= 11 is 0. The van der Waals surface area contributed by atoms with Crippen LogP contribution in [0.25, 0.3) is 0 Å². The van der Waals surface area contributed by atoms with Crippen molar-refractivity contribution in [1.82, 2.24) is 10.6 Å². The summed E-state index contributed by atoms with van der Waals surface area (Å²) < 4.78 is 0. The molecule has 4 nitrogen and oxygen atoms in total. The van der Waals surface area contributed by atoms with Gasteiger partial charge >= 0.3 is 0 Å². The Morgan fingerprint density at radius 2 is 2.00 bits per heavy atom. The number of nitrogens with one attached hydrogen (secondary N) is 2. The van der Waals surface area contributed by atoms with Gasteiger partial charge in [0.05, 0.1) is 6.54 Å². The molecule has 0 aromatic heterocycles. The molecule has 74 valence electrons. The third kappa shape index (κ3) is 7.05. The molecule has 0 atom stereocenters. The van der Waals surface area contributed by atoms with Gasteiger partial charge in [-0.2, -0.15) is 0 Å². The van der Waals surface area contributed by atoms with Crippen LogP contribution in [-0.4, -0.2) is 24.4 Å². The van der Waals surface area contributed by atoms with E-state index in [-0.39, 0.29) is 24.4 Å².